The van der Waals surface area contributed by atoms with E-state index in [9.17, 15) is 22.0 Å². The third-order valence-electron chi connectivity index (χ3n) is 3.63. The van der Waals surface area contributed by atoms with Gasteiger partial charge in [-0.25, -0.2) is 0 Å². The molecule has 0 aliphatic rings. The van der Waals surface area contributed by atoms with E-state index in [0.717, 1.165) is 12.1 Å². The van der Waals surface area contributed by atoms with Crippen LogP contribution >= 0.6 is 24.0 Å². The van der Waals surface area contributed by atoms with Gasteiger partial charge in [0.2, 0.25) is 0 Å². The van der Waals surface area contributed by atoms with Crippen LogP contribution in [0.1, 0.15) is 16.7 Å². The summed E-state index contributed by atoms with van der Waals surface area (Å²) in [7, 11) is 1.51. The Morgan fingerprint density at radius 1 is 1.10 bits per heavy atom. The van der Waals surface area contributed by atoms with Crippen LogP contribution in [0.2, 0.25) is 0 Å². The zero-order valence-electron chi connectivity index (χ0n) is 15.8. The molecule has 0 aliphatic heterocycles. The van der Waals surface area contributed by atoms with Crippen molar-refractivity contribution in [3.63, 3.8) is 0 Å². The molecule has 0 spiro atoms. The molecule has 0 bridgehead atoms. The van der Waals surface area contributed by atoms with Crippen LogP contribution in [-0.2, 0) is 12.7 Å². The molecule has 0 aliphatic carbocycles. The highest BCUT2D eigenvalue weighted by molar-refractivity contribution is 14.0. The fraction of sp³-hybridized carbons (Fsp3) is 0.250. The number of guanidine groups is 1. The van der Waals surface area contributed by atoms with Crippen molar-refractivity contribution in [3.05, 3.63) is 65.2 Å². The number of para-hydroxylation sites is 1. The number of hydrogen-bond acceptors (Lipinski definition) is 2. The average molecular weight is 539 g/mol. The van der Waals surface area contributed by atoms with Crippen LogP contribution in [0.25, 0.3) is 0 Å². The van der Waals surface area contributed by atoms with Gasteiger partial charge in [0.05, 0.1) is 12.1 Å². The molecule has 0 heterocycles. The average Bonchev–Trinajstić information content (AvgIpc) is 2.67. The van der Waals surface area contributed by atoms with E-state index in [0.29, 0.717) is 11.5 Å². The predicted molar refractivity (Wildman–Crippen MR) is 115 cm³/mol. The molecule has 0 unspecified atom stereocenters. The van der Waals surface area contributed by atoms with Gasteiger partial charge >= 0.3 is 12.8 Å². The molecule has 0 saturated heterocycles. The number of rotatable bonds is 5. The number of alkyl halides is 5. The summed E-state index contributed by atoms with van der Waals surface area (Å²) in [6, 6.07) is 11.1. The summed E-state index contributed by atoms with van der Waals surface area (Å²) in [4.78, 5) is 3.97. The number of ether oxygens (including phenoxy) is 1. The molecule has 2 rings (SSSR count). The molecular formula is C20H19F5IN3O. The van der Waals surface area contributed by atoms with Crippen LogP contribution in [0.15, 0.2) is 53.5 Å². The summed E-state index contributed by atoms with van der Waals surface area (Å²) in [6.07, 6.45) is -4.42. The van der Waals surface area contributed by atoms with E-state index in [2.05, 4.69) is 32.2 Å². The van der Waals surface area contributed by atoms with Crippen molar-refractivity contribution in [3.8, 4) is 17.6 Å². The van der Waals surface area contributed by atoms with Gasteiger partial charge in [-0.3, -0.25) is 4.99 Å². The molecule has 2 N–H and O–H groups in total. The number of halogens is 6. The normalized spacial score (nSPS) is 11.2. The van der Waals surface area contributed by atoms with E-state index in [4.69, 9.17) is 0 Å². The van der Waals surface area contributed by atoms with E-state index >= 15 is 0 Å². The van der Waals surface area contributed by atoms with E-state index in [1.165, 1.54) is 25.2 Å². The Morgan fingerprint density at radius 3 is 2.50 bits per heavy atom. The zero-order valence-corrected chi connectivity index (χ0v) is 18.1. The quantitative estimate of drug-likeness (QED) is 0.192. The Bertz CT molecular complexity index is 907. The van der Waals surface area contributed by atoms with Crippen LogP contribution in [-0.4, -0.2) is 26.2 Å². The monoisotopic (exact) mass is 539 g/mol. The minimum Gasteiger partial charge on any atom is -0.434 e. The maximum Gasteiger partial charge on any atom is 0.416 e. The fourth-order valence-electron chi connectivity index (χ4n) is 2.31. The predicted octanol–water partition coefficient (Wildman–Crippen LogP) is 4.64. The standard InChI is InChI=1S/C20H18F5N3O.HI/c1-26-19(28-13-15-8-2-3-10-17(15)29-18(21)22)27-11-5-7-14-6-4-9-16(12-14)20(23,24)25;/h2-4,6,8-10,12,18H,11,13H2,1H3,(H2,26,27,28);1H. The lowest BCUT2D eigenvalue weighted by Crippen LogP contribution is -2.37. The summed E-state index contributed by atoms with van der Waals surface area (Å²) in [5.41, 5.74) is -0.0205. The number of benzene rings is 2. The molecule has 4 nitrogen and oxygen atoms in total. The third kappa shape index (κ3) is 8.44. The molecule has 0 fully saturated rings. The summed E-state index contributed by atoms with van der Waals surface area (Å²) >= 11 is 0. The first-order chi connectivity index (χ1) is 13.8. The Kier molecular flexibility index (Phi) is 10.4. The minimum atomic E-state index is -4.42. The van der Waals surface area contributed by atoms with Gasteiger partial charge in [0.1, 0.15) is 5.75 Å². The summed E-state index contributed by atoms with van der Waals surface area (Å²) < 4.78 is 67.4. The smallest absolute Gasteiger partial charge is 0.416 e. The Morgan fingerprint density at radius 2 is 1.83 bits per heavy atom. The first-order valence-corrected chi connectivity index (χ1v) is 8.43. The van der Waals surface area contributed by atoms with Crippen molar-refractivity contribution in [1.82, 2.24) is 10.6 Å². The van der Waals surface area contributed by atoms with Crippen molar-refractivity contribution in [2.24, 2.45) is 4.99 Å². The van der Waals surface area contributed by atoms with Gasteiger partial charge in [-0.05, 0) is 24.3 Å². The SMILES string of the molecule is CN=C(NCC#Cc1cccc(C(F)(F)F)c1)NCc1ccccc1OC(F)F.I. The van der Waals surface area contributed by atoms with Crippen LogP contribution in [0, 0.1) is 11.8 Å². The van der Waals surface area contributed by atoms with Gasteiger partial charge in [0.15, 0.2) is 5.96 Å². The fourth-order valence-corrected chi connectivity index (χ4v) is 2.31. The van der Waals surface area contributed by atoms with E-state index in [-0.39, 0.29) is 48.4 Å². The van der Waals surface area contributed by atoms with Gasteiger partial charge in [0, 0.05) is 24.7 Å². The number of hydrogen-bond donors (Lipinski definition) is 2. The van der Waals surface area contributed by atoms with Gasteiger partial charge in [-0.1, -0.05) is 36.1 Å². The highest BCUT2D eigenvalue weighted by atomic mass is 127. The molecule has 2 aromatic rings. The summed E-state index contributed by atoms with van der Waals surface area (Å²) in [5, 5.41) is 5.79. The number of nitrogens with zero attached hydrogens (tertiary/aromatic N) is 1. The van der Waals surface area contributed by atoms with Gasteiger partial charge in [-0.2, -0.15) is 22.0 Å². The molecule has 30 heavy (non-hydrogen) atoms. The van der Waals surface area contributed by atoms with Crippen molar-refractivity contribution in [2.45, 2.75) is 19.3 Å². The van der Waals surface area contributed by atoms with Crippen molar-refractivity contribution >= 4 is 29.9 Å². The molecule has 0 radical (unpaired) electrons. The first-order valence-electron chi connectivity index (χ1n) is 8.43. The van der Waals surface area contributed by atoms with Crippen LogP contribution in [0.5, 0.6) is 5.75 Å². The second kappa shape index (κ2) is 12.2. The van der Waals surface area contributed by atoms with Gasteiger partial charge < -0.3 is 15.4 Å². The molecule has 10 heteroatoms. The molecule has 2 aromatic carbocycles. The van der Waals surface area contributed by atoms with Crippen LogP contribution in [0.4, 0.5) is 22.0 Å². The number of nitrogens with one attached hydrogen (secondary N) is 2. The second-order valence-corrected chi connectivity index (χ2v) is 5.65. The van der Waals surface area contributed by atoms with E-state index in [1.807, 2.05) is 0 Å². The summed E-state index contributed by atoms with van der Waals surface area (Å²) in [6.45, 7) is -2.64. The highest BCUT2D eigenvalue weighted by Crippen LogP contribution is 2.29. The van der Waals surface area contributed by atoms with Crippen molar-refractivity contribution in [1.29, 1.82) is 0 Å². The zero-order chi connectivity index (χ0) is 21.3. The van der Waals surface area contributed by atoms with E-state index < -0.39 is 18.4 Å². The van der Waals surface area contributed by atoms with Crippen LogP contribution < -0.4 is 15.4 Å². The topological polar surface area (TPSA) is 45.7 Å². The second-order valence-electron chi connectivity index (χ2n) is 5.65. The first kappa shape index (κ1) is 25.5. The van der Waals surface area contributed by atoms with E-state index in [1.54, 1.807) is 18.2 Å². The largest absolute Gasteiger partial charge is 0.434 e. The van der Waals surface area contributed by atoms with Gasteiger partial charge in [-0.15, -0.1) is 24.0 Å². The number of aliphatic imine (C=N–C) groups is 1. The molecule has 0 atom stereocenters. The Labute approximate surface area is 187 Å². The van der Waals surface area contributed by atoms with Crippen LogP contribution in [0.3, 0.4) is 0 Å². The van der Waals surface area contributed by atoms with Crippen molar-refractivity contribution in [2.75, 3.05) is 13.6 Å². The van der Waals surface area contributed by atoms with Crippen molar-refractivity contribution < 1.29 is 26.7 Å². The lowest BCUT2D eigenvalue weighted by atomic mass is 10.1. The maximum atomic E-state index is 12.7. The molecule has 0 saturated carbocycles. The van der Waals surface area contributed by atoms with Gasteiger partial charge in [0.25, 0.3) is 0 Å². The highest BCUT2D eigenvalue weighted by Gasteiger charge is 2.30. The lowest BCUT2D eigenvalue weighted by Gasteiger charge is -2.13. The molecule has 0 aromatic heterocycles. The lowest BCUT2D eigenvalue weighted by molar-refractivity contribution is -0.137. The Balaban J connectivity index is 0.00000450. The summed E-state index contributed by atoms with van der Waals surface area (Å²) in [5.74, 6) is 5.74. The molecule has 0 amide bonds. The Hall–Kier alpha value is -2.55. The molecule has 162 valence electrons. The molecular weight excluding hydrogens is 520 g/mol. The maximum absolute atomic E-state index is 12.7. The third-order valence-corrected chi connectivity index (χ3v) is 3.63. The minimum absolute atomic E-state index is 0.